The first-order valence-corrected chi connectivity index (χ1v) is 6.83. The number of hydrogen-bond donors (Lipinski definition) is 3. The summed E-state index contributed by atoms with van der Waals surface area (Å²) in [4.78, 5) is 22.6. The van der Waals surface area contributed by atoms with E-state index in [0.29, 0.717) is 17.9 Å². The summed E-state index contributed by atoms with van der Waals surface area (Å²) >= 11 is 0. The number of nitrogens with one attached hydrogen (secondary N) is 2. The van der Waals surface area contributed by atoms with Crippen molar-refractivity contribution in [3.63, 3.8) is 0 Å². The van der Waals surface area contributed by atoms with Crippen LogP contribution in [0.5, 0.6) is 0 Å². The largest absolute Gasteiger partial charge is 0.481 e. The average molecular weight is 302 g/mol. The van der Waals surface area contributed by atoms with Crippen LogP contribution >= 0.6 is 0 Å². The molecule has 2 rings (SSSR count). The third kappa shape index (κ3) is 4.08. The van der Waals surface area contributed by atoms with Gasteiger partial charge in [-0.2, -0.15) is 5.10 Å². The molecule has 116 valence electrons. The summed E-state index contributed by atoms with van der Waals surface area (Å²) < 4.78 is 1.58. The highest BCUT2D eigenvalue weighted by Gasteiger charge is 2.09. The van der Waals surface area contributed by atoms with Crippen molar-refractivity contribution in [1.29, 1.82) is 0 Å². The summed E-state index contributed by atoms with van der Waals surface area (Å²) in [6, 6.07) is 6.75. The molecule has 22 heavy (non-hydrogen) atoms. The zero-order valence-corrected chi connectivity index (χ0v) is 12.5. The lowest BCUT2D eigenvalue weighted by atomic mass is 10.1. The number of nitrogens with zero attached hydrogens (tertiary/aromatic N) is 2. The van der Waals surface area contributed by atoms with Gasteiger partial charge in [-0.25, -0.2) is 4.79 Å². The number of amides is 2. The van der Waals surface area contributed by atoms with Gasteiger partial charge in [-0.3, -0.25) is 14.8 Å². The molecular formula is C15H18N4O3. The first-order chi connectivity index (χ1) is 10.5. The zero-order chi connectivity index (χ0) is 16.1. The molecule has 0 aliphatic carbocycles. The number of aryl methyl sites for hydroxylation is 3. The normalized spacial score (nSPS) is 10.3. The van der Waals surface area contributed by atoms with E-state index < -0.39 is 5.97 Å². The minimum absolute atomic E-state index is 0.0594. The van der Waals surface area contributed by atoms with E-state index >= 15 is 0 Å². The lowest BCUT2D eigenvalue weighted by molar-refractivity contribution is -0.136. The number of anilines is 2. The molecule has 7 heteroatoms. The number of aromatic nitrogens is 2. The Labute approximate surface area is 128 Å². The van der Waals surface area contributed by atoms with Crippen LogP contribution in [0.3, 0.4) is 0 Å². The molecule has 7 nitrogen and oxygen atoms in total. The molecule has 1 heterocycles. The van der Waals surface area contributed by atoms with Gasteiger partial charge in [0.1, 0.15) is 5.82 Å². The quantitative estimate of drug-likeness (QED) is 0.790. The fourth-order valence-electron chi connectivity index (χ4n) is 2.05. The lowest BCUT2D eigenvalue weighted by Gasteiger charge is -2.09. The number of urea groups is 1. The Hall–Kier alpha value is -2.83. The van der Waals surface area contributed by atoms with E-state index in [9.17, 15) is 9.59 Å². The van der Waals surface area contributed by atoms with Gasteiger partial charge in [-0.1, -0.05) is 12.1 Å². The lowest BCUT2D eigenvalue weighted by Crippen LogP contribution is -2.21. The Kier molecular flexibility index (Phi) is 4.77. The highest BCUT2D eigenvalue weighted by molar-refractivity contribution is 5.99. The van der Waals surface area contributed by atoms with Gasteiger partial charge in [0.05, 0.1) is 6.20 Å². The van der Waals surface area contributed by atoms with E-state index in [1.807, 2.05) is 13.0 Å². The van der Waals surface area contributed by atoms with Crippen molar-refractivity contribution in [2.45, 2.75) is 19.8 Å². The molecule has 2 amide bonds. The molecule has 0 saturated carbocycles. The predicted molar refractivity (Wildman–Crippen MR) is 83.0 cm³/mol. The van der Waals surface area contributed by atoms with Crippen LogP contribution in [0.4, 0.5) is 16.3 Å². The first kappa shape index (κ1) is 15.6. The molecule has 0 aliphatic heterocycles. The van der Waals surface area contributed by atoms with E-state index in [4.69, 9.17) is 5.11 Å². The highest BCUT2D eigenvalue weighted by atomic mass is 16.4. The van der Waals surface area contributed by atoms with Crippen molar-refractivity contribution in [2.75, 3.05) is 10.6 Å². The van der Waals surface area contributed by atoms with Gasteiger partial charge in [0, 0.05) is 24.7 Å². The predicted octanol–water partition coefficient (Wildman–Crippen LogP) is 2.39. The third-order valence-electron chi connectivity index (χ3n) is 3.17. The van der Waals surface area contributed by atoms with Crippen LogP contribution in [0.25, 0.3) is 0 Å². The Bertz CT molecular complexity index is 674. The summed E-state index contributed by atoms with van der Waals surface area (Å²) in [5.74, 6) is -0.220. The molecule has 0 fully saturated rings. The van der Waals surface area contributed by atoms with Crippen molar-refractivity contribution in [1.82, 2.24) is 9.78 Å². The van der Waals surface area contributed by atoms with Gasteiger partial charge in [0.15, 0.2) is 0 Å². The van der Waals surface area contributed by atoms with Crippen LogP contribution in [0.15, 0.2) is 30.5 Å². The molecule has 0 radical (unpaired) electrons. The fraction of sp³-hybridized carbons (Fsp3) is 0.267. The smallest absolute Gasteiger partial charge is 0.324 e. The summed E-state index contributed by atoms with van der Waals surface area (Å²) in [5.41, 5.74) is 2.34. The van der Waals surface area contributed by atoms with Gasteiger partial charge >= 0.3 is 12.0 Å². The number of carboxylic acids is 1. The van der Waals surface area contributed by atoms with E-state index in [1.165, 1.54) is 0 Å². The summed E-state index contributed by atoms with van der Waals surface area (Å²) in [5, 5.41) is 18.2. The third-order valence-corrected chi connectivity index (χ3v) is 3.17. The molecule has 3 N–H and O–H groups in total. The van der Waals surface area contributed by atoms with Crippen LogP contribution in [-0.2, 0) is 18.3 Å². The van der Waals surface area contributed by atoms with E-state index in [-0.39, 0.29) is 12.5 Å². The second-order valence-corrected chi connectivity index (χ2v) is 4.97. The van der Waals surface area contributed by atoms with Gasteiger partial charge in [-0.05, 0) is 31.0 Å². The number of benzene rings is 1. The van der Waals surface area contributed by atoms with Crippen LogP contribution in [0.2, 0.25) is 0 Å². The summed E-state index contributed by atoms with van der Waals surface area (Å²) in [6.07, 6.45) is 2.15. The molecule has 0 saturated heterocycles. The molecule has 0 bridgehead atoms. The summed E-state index contributed by atoms with van der Waals surface area (Å²) in [6.45, 7) is 1.86. The van der Waals surface area contributed by atoms with Crippen LogP contribution in [0.1, 0.15) is 17.5 Å². The minimum Gasteiger partial charge on any atom is -0.481 e. The second-order valence-electron chi connectivity index (χ2n) is 4.97. The average Bonchev–Trinajstić information content (AvgIpc) is 2.77. The molecule has 0 atom stereocenters. The number of rotatable bonds is 5. The zero-order valence-electron chi connectivity index (χ0n) is 12.5. The van der Waals surface area contributed by atoms with Gasteiger partial charge in [-0.15, -0.1) is 0 Å². The number of aliphatic carboxylic acids is 1. The Morgan fingerprint density at radius 1 is 1.32 bits per heavy atom. The monoisotopic (exact) mass is 302 g/mol. The van der Waals surface area contributed by atoms with E-state index in [0.717, 1.165) is 11.1 Å². The number of hydrogen-bond acceptors (Lipinski definition) is 3. The topological polar surface area (TPSA) is 96.3 Å². The van der Waals surface area contributed by atoms with Crippen LogP contribution in [0, 0.1) is 6.92 Å². The van der Waals surface area contributed by atoms with Crippen molar-refractivity contribution < 1.29 is 14.7 Å². The van der Waals surface area contributed by atoms with E-state index in [2.05, 4.69) is 15.7 Å². The molecule has 0 aliphatic rings. The molecule has 0 unspecified atom stereocenters. The Morgan fingerprint density at radius 2 is 2.09 bits per heavy atom. The van der Waals surface area contributed by atoms with Crippen LogP contribution < -0.4 is 10.6 Å². The Morgan fingerprint density at radius 3 is 2.73 bits per heavy atom. The van der Waals surface area contributed by atoms with Crippen molar-refractivity contribution >= 4 is 23.5 Å². The maximum absolute atomic E-state index is 12.0. The minimum atomic E-state index is -0.845. The maximum Gasteiger partial charge on any atom is 0.324 e. The molecule has 0 spiro atoms. The molecule has 2 aromatic rings. The number of carbonyl (C=O) groups is 2. The van der Waals surface area contributed by atoms with Gasteiger partial charge in [0.25, 0.3) is 0 Å². The SMILES string of the molecule is Cc1cnn(C)c1NC(=O)Nc1cccc(CCC(=O)O)c1. The van der Waals surface area contributed by atoms with Crippen molar-refractivity contribution in [3.05, 3.63) is 41.6 Å². The molecule has 1 aromatic heterocycles. The molecular weight excluding hydrogens is 284 g/mol. The second kappa shape index (κ2) is 6.75. The van der Waals surface area contributed by atoms with Gasteiger partial charge in [0.2, 0.25) is 0 Å². The Balaban J connectivity index is 1.99. The van der Waals surface area contributed by atoms with Crippen molar-refractivity contribution in [3.8, 4) is 0 Å². The summed E-state index contributed by atoms with van der Waals surface area (Å²) in [7, 11) is 1.75. The van der Waals surface area contributed by atoms with Gasteiger partial charge < -0.3 is 10.4 Å². The number of carboxylic acid groups (broad SMARTS) is 1. The van der Waals surface area contributed by atoms with Crippen LogP contribution in [-0.4, -0.2) is 26.9 Å². The standard InChI is InChI=1S/C15H18N4O3/c1-10-9-16-19(2)14(10)18-15(22)17-12-5-3-4-11(8-12)6-7-13(20)21/h3-5,8-9H,6-7H2,1-2H3,(H,20,21)(H2,17,18,22). The first-order valence-electron chi connectivity index (χ1n) is 6.83. The van der Waals surface area contributed by atoms with Crippen molar-refractivity contribution in [2.24, 2.45) is 7.05 Å². The fourth-order valence-corrected chi connectivity index (χ4v) is 2.05. The van der Waals surface area contributed by atoms with E-state index in [1.54, 1.807) is 36.1 Å². The number of carbonyl (C=O) groups excluding carboxylic acids is 1. The maximum atomic E-state index is 12.0. The highest BCUT2D eigenvalue weighted by Crippen LogP contribution is 2.15. The molecule has 1 aromatic carbocycles.